The zero-order valence-electron chi connectivity index (χ0n) is 14.3. The summed E-state index contributed by atoms with van der Waals surface area (Å²) < 4.78 is 40.2. The van der Waals surface area contributed by atoms with Crippen LogP contribution in [0.4, 0.5) is 13.2 Å². The lowest BCUT2D eigenvalue weighted by molar-refractivity contribution is -0.274. The van der Waals surface area contributed by atoms with E-state index in [1.807, 2.05) is 6.08 Å². The molecule has 136 valence electrons. The number of hydrogen-bond acceptors (Lipinski definition) is 2. The molecule has 1 aliphatic rings. The van der Waals surface area contributed by atoms with Crippen LogP contribution < -0.4 is 4.74 Å². The molecule has 0 N–H and O–H groups in total. The van der Waals surface area contributed by atoms with Gasteiger partial charge in [-0.2, -0.15) is 5.26 Å². The Kier molecular flexibility index (Phi) is 7.36. The summed E-state index contributed by atoms with van der Waals surface area (Å²) in [6.07, 6.45) is 8.07. The van der Waals surface area contributed by atoms with Gasteiger partial charge in [0.2, 0.25) is 0 Å². The molecular weight excluding hydrogens is 327 g/mol. The average molecular weight is 351 g/mol. The van der Waals surface area contributed by atoms with Gasteiger partial charge in [0, 0.05) is 6.08 Å². The maximum atomic E-state index is 12.1. The van der Waals surface area contributed by atoms with Crippen molar-refractivity contribution in [1.29, 1.82) is 5.26 Å². The van der Waals surface area contributed by atoms with Crippen LogP contribution in [0.25, 0.3) is 0 Å². The predicted octanol–water partition coefficient (Wildman–Crippen LogP) is 6.18. The molecule has 0 aliphatic heterocycles. The van der Waals surface area contributed by atoms with Crippen molar-refractivity contribution in [2.45, 2.75) is 57.7 Å². The number of aryl methyl sites for hydroxylation is 1. The summed E-state index contributed by atoms with van der Waals surface area (Å²) in [6.45, 7) is 0. The molecule has 1 aliphatic carbocycles. The Morgan fingerprint density at radius 2 is 1.76 bits per heavy atom. The standard InChI is InChI=1S/C20H24F3NO/c21-20(22,23)25-19-13-11-17(12-14-19)5-2-1-4-16-7-9-18(10-8-16)6-3-15-24/h3,6,11-14,16,18H,1-2,4-5,7-10H2/t16-,18-. The molecule has 0 unspecified atom stereocenters. The zero-order chi connectivity index (χ0) is 18.1. The molecule has 0 saturated heterocycles. The lowest BCUT2D eigenvalue weighted by Crippen LogP contribution is -2.17. The quantitative estimate of drug-likeness (QED) is 0.434. The summed E-state index contributed by atoms with van der Waals surface area (Å²) in [4.78, 5) is 0. The van der Waals surface area contributed by atoms with E-state index >= 15 is 0 Å². The maximum absolute atomic E-state index is 12.1. The highest BCUT2D eigenvalue weighted by atomic mass is 19.4. The van der Waals surface area contributed by atoms with Gasteiger partial charge in [0.05, 0.1) is 6.07 Å². The van der Waals surface area contributed by atoms with Gasteiger partial charge in [-0.25, -0.2) is 0 Å². The Labute approximate surface area is 147 Å². The summed E-state index contributed by atoms with van der Waals surface area (Å²) in [5, 5.41) is 8.56. The van der Waals surface area contributed by atoms with Crippen molar-refractivity contribution < 1.29 is 17.9 Å². The smallest absolute Gasteiger partial charge is 0.406 e. The summed E-state index contributed by atoms with van der Waals surface area (Å²) in [5.74, 6) is 1.17. The molecule has 2 rings (SSSR count). The van der Waals surface area contributed by atoms with E-state index in [2.05, 4.69) is 10.8 Å². The van der Waals surface area contributed by atoms with E-state index in [1.165, 1.54) is 44.2 Å². The highest BCUT2D eigenvalue weighted by molar-refractivity contribution is 5.27. The van der Waals surface area contributed by atoms with E-state index in [1.54, 1.807) is 18.2 Å². The van der Waals surface area contributed by atoms with Crippen molar-refractivity contribution in [3.63, 3.8) is 0 Å². The minimum atomic E-state index is -4.63. The van der Waals surface area contributed by atoms with Crippen molar-refractivity contribution in [2.24, 2.45) is 11.8 Å². The number of rotatable bonds is 7. The van der Waals surface area contributed by atoms with Crippen LogP contribution >= 0.6 is 0 Å². The van der Waals surface area contributed by atoms with Crippen LogP contribution in [0, 0.1) is 23.2 Å². The third-order valence-corrected chi connectivity index (χ3v) is 4.82. The van der Waals surface area contributed by atoms with E-state index < -0.39 is 6.36 Å². The molecule has 1 fully saturated rings. The maximum Gasteiger partial charge on any atom is 0.573 e. The topological polar surface area (TPSA) is 33.0 Å². The van der Waals surface area contributed by atoms with Gasteiger partial charge in [0.25, 0.3) is 0 Å². The van der Waals surface area contributed by atoms with E-state index in [0.717, 1.165) is 30.7 Å². The second-order valence-electron chi connectivity index (χ2n) is 6.71. The van der Waals surface area contributed by atoms with Crippen LogP contribution in [-0.2, 0) is 6.42 Å². The Morgan fingerprint density at radius 3 is 2.36 bits per heavy atom. The van der Waals surface area contributed by atoms with Gasteiger partial charge in [0.1, 0.15) is 5.75 Å². The monoisotopic (exact) mass is 351 g/mol. The van der Waals surface area contributed by atoms with E-state index in [9.17, 15) is 13.2 Å². The molecule has 25 heavy (non-hydrogen) atoms. The first-order chi connectivity index (χ1) is 12.0. The molecule has 0 aromatic heterocycles. The fourth-order valence-corrected chi connectivity index (χ4v) is 3.47. The van der Waals surface area contributed by atoms with Gasteiger partial charge >= 0.3 is 6.36 Å². The number of nitriles is 1. The number of hydrogen-bond donors (Lipinski definition) is 0. The summed E-state index contributed by atoms with van der Waals surface area (Å²) in [6, 6.07) is 8.21. The van der Waals surface area contributed by atoms with Crippen molar-refractivity contribution in [1.82, 2.24) is 0 Å². The lowest BCUT2D eigenvalue weighted by atomic mass is 9.79. The molecule has 0 bridgehead atoms. The predicted molar refractivity (Wildman–Crippen MR) is 90.9 cm³/mol. The van der Waals surface area contributed by atoms with E-state index in [4.69, 9.17) is 5.26 Å². The van der Waals surface area contributed by atoms with Crippen LogP contribution in [0.15, 0.2) is 36.4 Å². The molecule has 1 aromatic carbocycles. The van der Waals surface area contributed by atoms with Crippen molar-refractivity contribution >= 4 is 0 Å². The van der Waals surface area contributed by atoms with E-state index in [0.29, 0.717) is 5.92 Å². The third kappa shape index (κ3) is 7.64. The lowest BCUT2D eigenvalue weighted by Gasteiger charge is -2.26. The van der Waals surface area contributed by atoms with Crippen LogP contribution in [0.2, 0.25) is 0 Å². The normalized spacial score (nSPS) is 21.2. The minimum absolute atomic E-state index is 0.168. The molecule has 0 radical (unpaired) electrons. The molecular formula is C20H24F3NO. The van der Waals surface area contributed by atoms with Crippen LogP contribution in [0.1, 0.15) is 50.5 Å². The van der Waals surface area contributed by atoms with Crippen molar-refractivity contribution in [2.75, 3.05) is 0 Å². The Hall–Kier alpha value is -1.96. The Morgan fingerprint density at radius 1 is 1.08 bits per heavy atom. The number of nitrogens with zero attached hydrogens (tertiary/aromatic N) is 1. The van der Waals surface area contributed by atoms with Gasteiger partial charge in [-0.05, 0) is 68.1 Å². The number of alkyl halides is 3. The van der Waals surface area contributed by atoms with Gasteiger partial charge < -0.3 is 4.74 Å². The molecule has 0 heterocycles. The SMILES string of the molecule is N#CC=C[C@H]1CC[C@H](CCCCc2ccc(OC(F)(F)F)cc2)CC1. The minimum Gasteiger partial charge on any atom is -0.406 e. The third-order valence-electron chi connectivity index (χ3n) is 4.82. The highest BCUT2D eigenvalue weighted by Crippen LogP contribution is 2.32. The van der Waals surface area contributed by atoms with Crippen LogP contribution in [-0.4, -0.2) is 6.36 Å². The fraction of sp³-hybridized carbons (Fsp3) is 0.550. The second-order valence-corrected chi connectivity index (χ2v) is 6.71. The van der Waals surface area contributed by atoms with E-state index in [-0.39, 0.29) is 5.75 Å². The average Bonchev–Trinajstić information content (AvgIpc) is 2.58. The number of benzene rings is 1. The first-order valence-electron chi connectivity index (χ1n) is 8.87. The van der Waals surface area contributed by atoms with Gasteiger partial charge in [-0.3, -0.25) is 0 Å². The summed E-state index contributed by atoms with van der Waals surface area (Å²) >= 11 is 0. The molecule has 0 spiro atoms. The molecule has 0 atom stereocenters. The highest BCUT2D eigenvalue weighted by Gasteiger charge is 2.30. The Bertz CT molecular complexity index is 578. The molecule has 0 amide bonds. The second kappa shape index (κ2) is 9.50. The molecule has 1 saturated carbocycles. The fourth-order valence-electron chi connectivity index (χ4n) is 3.47. The molecule has 2 nitrogen and oxygen atoms in total. The summed E-state index contributed by atoms with van der Waals surface area (Å²) in [5.41, 5.74) is 1.04. The van der Waals surface area contributed by atoms with Crippen LogP contribution in [0.5, 0.6) is 5.75 Å². The summed E-state index contributed by atoms with van der Waals surface area (Å²) in [7, 11) is 0. The zero-order valence-corrected chi connectivity index (χ0v) is 14.3. The molecule has 5 heteroatoms. The van der Waals surface area contributed by atoms with Crippen molar-refractivity contribution in [3.8, 4) is 11.8 Å². The van der Waals surface area contributed by atoms with Crippen LogP contribution in [0.3, 0.4) is 0 Å². The number of allylic oxidation sites excluding steroid dienone is 2. The van der Waals surface area contributed by atoms with Gasteiger partial charge in [-0.15, -0.1) is 13.2 Å². The van der Waals surface area contributed by atoms with Gasteiger partial charge in [0.15, 0.2) is 0 Å². The molecule has 1 aromatic rings. The Balaban J connectivity index is 1.62. The largest absolute Gasteiger partial charge is 0.573 e. The number of ether oxygens (including phenoxy) is 1. The number of halogens is 3. The first-order valence-corrected chi connectivity index (χ1v) is 8.87. The number of unbranched alkanes of at least 4 members (excludes halogenated alkanes) is 1. The van der Waals surface area contributed by atoms with Crippen molar-refractivity contribution in [3.05, 3.63) is 42.0 Å². The van der Waals surface area contributed by atoms with Gasteiger partial charge in [-0.1, -0.05) is 31.1 Å². The first kappa shape index (κ1) is 19.4.